The van der Waals surface area contributed by atoms with Crippen molar-refractivity contribution < 1.29 is 14.7 Å². The van der Waals surface area contributed by atoms with Crippen LogP contribution in [0.5, 0.6) is 5.75 Å². The van der Waals surface area contributed by atoms with Crippen LogP contribution in [0.2, 0.25) is 0 Å². The Balaban J connectivity index is 1.60. The number of pyridine rings is 1. The molecule has 1 aliphatic rings. The van der Waals surface area contributed by atoms with Gasteiger partial charge in [-0.3, -0.25) is 9.59 Å². The van der Waals surface area contributed by atoms with Crippen molar-refractivity contribution in [3.63, 3.8) is 0 Å². The molecule has 1 aromatic carbocycles. The van der Waals surface area contributed by atoms with Gasteiger partial charge in [0.05, 0.1) is 0 Å². The smallest absolute Gasteiger partial charge is 0.316 e. The number of likely N-dealkylation sites (N-methyl/N-ethyl adjacent to an activating group) is 1. The SMILES string of the molecule is CN(C(=O)C(=O)N1CCN(c2ccccn2)CC1)c1ccc(O)cc1. The molecule has 0 saturated carbocycles. The van der Waals surface area contributed by atoms with Gasteiger partial charge < -0.3 is 19.8 Å². The number of amides is 2. The van der Waals surface area contributed by atoms with Crippen molar-refractivity contribution in [3.8, 4) is 5.75 Å². The number of piperazine rings is 1. The minimum Gasteiger partial charge on any atom is -0.508 e. The molecule has 1 saturated heterocycles. The Hall–Kier alpha value is -3.09. The van der Waals surface area contributed by atoms with E-state index in [2.05, 4.69) is 9.88 Å². The highest BCUT2D eigenvalue weighted by Gasteiger charge is 2.29. The van der Waals surface area contributed by atoms with Crippen LogP contribution in [0, 0.1) is 0 Å². The molecule has 1 N–H and O–H groups in total. The zero-order valence-electron chi connectivity index (χ0n) is 14.0. The van der Waals surface area contributed by atoms with E-state index < -0.39 is 11.8 Å². The molecular weight excluding hydrogens is 320 g/mol. The first-order chi connectivity index (χ1) is 12.1. The number of carbonyl (C=O) groups is 2. The number of benzene rings is 1. The molecule has 0 radical (unpaired) electrons. The Labute approximate surface area is 146 Å². The zero-order valence-corrected chi connectivity index (χ0v) is 14.0. The van der Waals surface area contributed by atoms with Crippen LogP contribution in [0.3, 0.4) is 0 Å². The van der Waals surface area contributed by atoms with Gasteiger partial charge in [-0.1, -0.05) is 6.07 Å². The molecule has 0 spiro atoms. The van der Waals surface area contributed by atoms with Gasteiger partial charge in [0.2, 0.25) is 0 Å². The van der Waals surface area contributed by atoms with Crippen LogP contribution < -0.4 is 9.80 Å². The van der Waals surface area contributed by atoms with Crippen molar-refractivity contribution in [3.05, 3.63) is 48.7 Å². The molecule has 2 heterocycles. The predicted molar refractivity (Wildman–Crippen MR) is 94.5 cm³/mol. The van der Waals surface area contributed by atoms with Gasteiger partial charge in [-0.25, -0.2) is 4.98 Å². The standard InChI is InChI=1S/C18H20N4O3/c1-20(14-5-7-15(23)8-6-14)17(24)18(25)22-12-10-21(11-13-22)16-4-2-3-9-19-16/h2-9,23H,10-13H2,1H3. The molecule has 2 aromatic rings. The lowest BCUT2D eigenvalue weighted by Gasteiger charge is -2.35. The van der Waals surface area contributed by atoms with Gasteiger partial charge in [0.15, 0.2) is 0 Å². The average molecular weight is 340 g/mol. The van der Waals surface area contributed by atoms with Gasteiger partial charge >= 0.3 is 11.8 Å². The lowest BCUT2D eigenvalue weighted by Crippen LogP contribution is -2.53. The monoisotopic (exact) mass is 340 g/mol. The maximum Gasteiger partial charge on any atom is 0.316 e. The van der Waals surface area contributed by atoms with E-state index in [4.69, 9.17) is 0 Å². The largest absolute Gasteiger partial charge is 0.508 e. The number of anilines is 2. The highest BCUT2D eigenvalue weighted by molar-refractivity contribution is 6.40. The molecule has 130 valence electrons. The Morgan fingerprint density at radius 3 is 2.32 bits per heavy atom. The van der Waals surface area contributed by atoms with Crippen LogP contribution in [0.25, 0.3) is 0 Å². The van der Waals surface area contributed by atoms with Crippen LogP contribution in [0.4, 0.5) is 11.5 Å². The Morgan fingerprint density at radius 2 is 1.72 bits per heavy atom. The van der Waals surface area contributed by atoms with Crippen molar-refractivity contribution >= 4 is 23.3 Å². The molecule has 0 aliphatic carbocycles. The van der Waals surface area contributed by atoms with Crippen LogP contribution in [0.1, 0.15) is 0 Å². The first kappa shape index (κ1) is 16.8. The number of aromatic nitrogens is 1. The lowest BCUT2D eigenvalue weighted by molar-refractivity contribution is -0.144. The molecule has 2 amide bonds. The summed E-state index contributed by atoms with van der Waals surface area (Å²) < 4.78 is 0. The molecule has 0 bridgehead atoms. The second-order valence-corrected chi connectivity index (χ2v) is 5.85. The summed E-state index contributed by atoms with van der Waals surface area (Å²) in [5, 5.41) is 9.32. The van der Waals surface area contributed by atoms with Crippen molar-refractivity contribution in [2.24, 2.45) is 0 Å². The Morgan fingerprint density at radius 1 is 1.04 bits per heavy atom. The number of phenolic OH excluding ortho intramolecular Hbond substituents is 1. The Kier molecular flexibility index (Phi) is 4.83. The topological polar surface area (TPSA) is 77.0 Å². The van der Waals surface area contributed by atoms with Crippen molar-refractivity contribution in [1.29, 1.82) is 0 Å². The fraction of sp³-hybridized carbons (Fsp3) is 0.278. The summed E-state index contributed by atoms with van der Waals surface area (Å²) >= 11 is 0. The number of hydrogen-bond acceptors (Lipinski definition) is 5. The number of rotatable bonds is 2. The van der Waals surface area contributed by atoms with Gasteiger partial charge in [-0.05, 0) is 36.4 Å². The highest BCUT2D eigenvalue weighted by atomic mass is 16.3. The second kappa shape index (κ2) is 7.21. The van der Waals surface area contributed by atoms with Crippen molar-refractivity contribution in [2.45, 2.75) is 0 Å². The van der Waals surface area contributed by atoms with E-state index in [0.29, 0.717) is 31.9 Å². The van der Waals surface area contributed by atoms with Gasteiger partial charge in [0.1, 0.15) is 11.6 Å². The van der Waals surface area contributed by atoms with Crippen molar-refractivity contribution in [1.82, 2.24) is 9.88 Å². The maximum absolute atomic E-state index is 12.5. The molecule has 1 aliphatic heterocycles. The summed E-state index contributed by atoms with van der Waals surface area (Å²) in [6, 6.07) is 11.9. The summed E-state index contributed by atoms with van der Waals surface area (Å²) in [4.78, 5) is 34.2. The normalized spacial score (nSPS) is 14.3. The molecule has 1 fully saturated rings. The first-order valence-electron chi connectivity index (χ1n) is 8.08. The summed E-state index contributed by atoms with van der Waals surface area (Å²) in [5.74, 6) is -0.114. The van der Waals surface area contributed by atoms with E-state index in [0.717, 1.165) is 5.82 Å². The van der Waals surface area contributed by atoms with Crippen molar-refractivity contribution in [2.75, 3.05) is 43.0 Å². The molecule has 7 nitrogen and oxygen atoms in total. The average Bonchev–Trinajstić information content (AvgIpc) is 2.67. The van der Waals surface area contributed by atoms with Gasteiger partial charge in [0.25, 0.3) is 0 Å². The van der Waals surface area contributed by atoms with E-state index in [1.807, 2.05) is 18.2 Å². The molecule has 0 unspecified atom stereocenters. The third-order valence-corrected chi connectivity index (χ3v) is 4.26. The van der Waals surface area contributed by atoms with Crippen LogP contribution in [0.15, 0.2) is 48.7 Å². The van der Waals surface area contributed by atoms with Gasteiger partial charge in [-0.15, -0.1) is 0 Å². The zero-order chi connectivity index (χ0) is 17.8. The molecule has 1 aromatic heterocycles. The van der Waals surface area contributed by atoms with Crippen LogP contribution >= 0.6 is 0 Å². The summed E-state index contributed by atoms with van der Waals surface area (Å²) in [6.07, 6.45) is 1.74. The fourth-order valence-corrected chi connectivity index (χ4v) is 2.75. The van der Waals surface area contributed by atoms with E-state index in [9.17, 15) is 14.7 Å². The molecule has 0 atom stereocenters. The van der Waals surface area contributed by atoms with E-state index in [-0.39, 0.29) is 5.75 Å². The van der Waals surface area contributed by atoms with Gasteiger partial charge in [0, 0.05) is 45.1 Å². The molecular formula is C18H20N4O3. The first-order valence-corrected chi connectivity index (χ1v) is 8.08. The summed E-state index contributed by atoms with van der Waals surface area (Å²) in [5.41, 5.74) is 0.559. The van der Waals surface area contributed by atoms with Crippen LogP contribution in [-0.2, 0) is 9.59 Å². The molecule has 3 rings (SSSR count). The van der Waals surface area contributed by atoms with E-state index in [1.54, 1.807) is 30.3 Å². The second-order valence-electron chi connectivity index (χ2n) is 5.85. The van der Waals surface area contributed by atoms with Gasteiger partial charge in [-0.2, -0.15) is 0 Å². The Bertz CT molecular complexity index is 741. The maximum atomic E-state index is 12.5. The fourth-order valence-electron chi connectivity index (χ4n) is 2.75. The molecule has 7 heteroatoms. The number of hydrogen-bond donors (Lipinski definition) is 1. The number of aromatic hydroxyl groups is 1. The number of phenols is 1. The van der Waals surface area contributed by atoms with Crippen LogP contribution in [-0.4, -0.2) is 60.0 Å². The number of nitrogens with zero attached hydrogens (tertiary/aromatic N) is 4. The third kappa shape index (κ3) is 3.71. The quantitative estimate of drug-likeness (QED) is 0.829. The predicted octanol–water partition coefficient (Wildman–Crippen LogP) is 1.10. The third-order valence-electron chi connectivity index (χ3n) is 4.26. The van der Waals surface area contributed by atoms with E-state index >= 15 is 0 Å². The number of carbonyl (C=O) groups excluding carboxylic acids is 2. The molecule has 25 heavy (non-hydrogen) atoms. The minimum absolute atomic E-state index is 0.113. The lowest BCUT2D eigenvalue weighted by atomic mass is 10.2. The van der Waals surface area contributed by atoms with E-state index in [1.165, 1.54) is 17.0 Å². The minimum atomic E-state index is -0.586. The summed E-state index contributed by atoms with van der Waals surface area (Å²) in [6.45, 7) is 2.23. The summed E-state index contributed by atoms with van der Waals surface area (Å²) in [7, 11) is 1.55. The highest BCUT2D eigenvalue weighted by Crippen LogP contribution is 2.18.